The van der Waals surface area contributed by atoms with Gasteiger partial charge in [-0.2, -0.15) is 0 Å². The Balaban J connectivity index is 1.66. The van der Waals surface area contributed by atoms with Gasteiger partial charge < -0.3 is 23.8 Å². The number of amides is 1. The Hall–Kier alpha value is -3.05. The van der Waals surface area contributed by atoms with Gasteiger partial charge in [0.05, 0.1) is 20.3 Å². The van der Waals surface area contributed by atoms with Gasteiger partial charge in [-0.15, -0.1) is 0 Å². The zero-order valence-electron chi connectivity index (χ0n) is 20.3. The monoisotopic (exact) mass is 492 g/mol. The molecular formula is C23H32N4O6S. The van der Waals surface area contributed by atoms with E-state index in [1.807, 2.05) is 24.3 Å². The maximum atomic E-state index is 13.1. The Kier molecular flexibility index (Phi) is 7.88. The molecule has 3 rings (SSSR count). The van der Waals surface area contributed by atoms with Crippen molar-refractivity contribution in [1.29, 1.82) is 0 Å². The highest BCUT2D eigenvalue weighted by atomic mass is 32.2. The predicted octanol–water partition coefficient (Wildman–Crippen LogP) is 1.45. The van der Waals surface area contributed by atoms with Crippen molar-refractivity contribution in [2.24, 2.45) is 7.05 Å². The fraction of sp³-hybridized carbons (Fsp3) is 0.478. The molecule has 11 heteroatoms. The average Bonchev–Trinajstić information content (AvgIpc) is 3.07. The first-order valence-electron chi connectivity index (χ1n) is 11.1. The number of esters is 1. The maximum Gasteiger partial charge on any atom is 0.341 e. The Morgan fingerprint density at radius 1 is 1.09 bits per heavy atom. The second kappa shape index (κ2) is 10.5. The number of hydrogen-bond acceptors (Lipinski definition) is 7. The van der Waals surface area contributed by atoms with Gasteiger partial charge in [0.15, 0.2) is 0 Å². The van der Waals surface area contributed by atoms with Crippen molar-refractivity contribution in [2.45, 2.75) is 25.7 Å². The summed E-state index contributed by atoms with van der Waals surface area (Å²) in [6.07, 6.45) is 0. The summed E-state index contributed by atoms with van der Waals surface area (Å²) in [5, 5.41) is 0. The molecule has 34 heavy (non-hydrogen) atoms. The molecule has 0 spiro atoms. The van der Waals surface area contributed by atoms with E-state index in [9.17, 15) is 18.0 Å². The molecule has 1 aliphatic rings. The van der Waals surface area contributed by atoms with E-state index in [4.69, 9.17) is 9.47 Å². The number of carbonyl (C=O) groups excluding carboxylic acids is 2. The zero-order valence-corrected chi connectivity index (χ0v) is 21.1. The van der Waals surface area contributed by atoms with E-state index in [1.54, 1.807) is 44.4 Å². The Bertz CT molecular complexity index is 1170. The molecule has 0 radical (unpaired) electrons. The van der Waals surface area contributed by atoms with Crippen LogP contribution in [0.5, 0.6) is 5.75 Å². The van der Waals surface area contributed by atoms with E-state index in [0.29, 0.717) is 37.6 Å². The number of nitrogens with one attached hydrogen (secondary N) is 1. The third-order valence-corrected chi connectivity index (χ3v) is 7.70. The molecule has 1 saturated heterocycles. The molecule has 0 aliphatic carbocycles. The lowest BCUT2D eigenvalue weighted by Gasteiger charge is -2.36. The molecule has 1 fully saturated rings. The van der Waals surface area contributed by atoms with Crippen LogP contribution in [-0.2, 0) is 26.6 Å². The molecule has 2 aromatic rings. The van der Waals surface area contributed by atoms with Crippen molar-refractivity contribution in [2.75, 3.05) is 51.3 Å². The molecule has 0 unspecified atom stereocenters. The van der Waals surface area contributed by atoms with Gasteiger partial charge in [-0.05, 0) is 32.9 Å². The van der Waals surface area contributed by atoms with E-state index in [2.05, 4.69) is 9.62 Å². The Labute approximate surface area is 200 Å². The van der Waals surface area contributed by atoms with E-state index < -0.39 is 22.5 Å². The second-order valence-corrected chi connectivity index (χ2v) is 9.75. The number of nitrogens with zero attached hydrogens (tertiary/aromatic N) is 3. The predicted molar refractivity (Wildman–Crippen MR) is 128 cm³/mol. The summed E-state index contributed by atoms with van der Waals surface area (Å²) < 4.78 is 40.6. The first-order chi connectivity index (χ1) is 16.1. The molecule has 10 nitrogen and oxygen atoms in total. The highest BCUT2D eigenvalue weighted by Gasteiger charge is 2.32. The molecular weight excluding hydrogens is 460 g/mol. The smallest absolute Gasteiger partial charge is 0.341 e. The summed E-state index contributed by atoms with van der Waals surface area (Å²) in [5.74, 6) is -0.264. The third kappa shape index (κ3) is 5.20. The van der Waals surface area contributed by atoms with Gasteiger partial charge in [-0.3, -0.25) is 4.79 Å². The van der Waals surface area contributed by atoms with Gasteiger partial charge in [0, 0.05) is 56.4 Å². The molecule has 0 saturated carbocycles. The van der Waals surface area contributed by atoms with E-state index in [-0.39, 0.29) is 23.0 Å². The third-order valence-electron chi connectivity index (χ3n) is 6.14. The van der Waals surface area contributed by atoms with Crippen LogP contribution in [0.15, 0.2) is 29.2 Å². The number of hydrogen-bond donors (Lipinski definition) is 1. The molecule has 1 N–H and O–H groups in total. The van der Waals surface area contributed by atoms with Gasteiger partial charge in [-0.25, -0.2) is 17.9 Å². The van der Waals surface area contributed by atoms with Crippen LogP contribution in [0.25, 0.3) is 0 Å². The van der Waals surface area contributed by atoms with Crippen molar-refractivity contribution in [3.8, 4) is 5.75 Å². The van der Waals surface area contributed by atoms with Gasteiger partial charge in [-0.1, -0.05) is 6.07 Å². The molecule has 186 valence electrons. The number of piperazine rings is 1. The normalized spacial score (nSPS) is 14.3. The number of carbonyl (C=O) groups is 2. The van der Waals surface area contributed by atoms with Crippen LogP contribution in [0.2, 0.25) is 0 Å². The number of aromatic nitrogens is 1. The highest BCUT2D eigenvalue weighted by Crippen LogP contribution is 2.27. The molecule has 1 aliphatic heterocycles. The molecule has 1 aromatic carbocycles. The van der Waals surface area contributed by atoms with Crippen LogP contribution < -0.4 is 14.4 Å². The minimum Gasteiger partial charge on any atom is -0.497 e. The first kappa shape index (κ1) is 25.6. The van der Waals surface area contributed by atoms with Gasteiger partial charge in [0.25, 0.3) is 0 Å². The number of ether oxygens (including phenoxy) is 2. The summed E-state index contributed by atoms with van der Waals surface area (Å²) in [6.45, 7) is 6.84. The number of anilines is 1. The summed E-state index contributed by atoms with van der Waals surface area (Å²) in [5.41, 5.74) is 1.88. The largest absolute Gasteiger partial charge is 0.497 e. The van der Waals surface area contributed by atoms with E-state index in [0.717, 1.165) is 11.4 Å². The van der Waals surface area contributed by atoms with Gasteiger partial charge in [0.2, 0.25) is 15.9 Å². The SMILES string of the molecule is CCOC(=O)c1c(S(=O)(=O)NCC(=O)N2CCN(c3cccc(OC)c3)CC2)c(C)n(C)c1C. The summed E-state index contributed by atoms with van der Waals surface area (Å²) >= 11 is 0. The molecule has 0 bridgehead atoms. The maximum absolute atomic E-state index is 13.1. The van der Waals surface area contributed by atoms with Crippen molar-refractivity contribution in [3.63, 3.8) is 0 Å². The van der Waals surface area contributed by atoms with Crippen LogP contribution in [-0.4, -0.2) is 76.2 Å². The van der Waals surface area contributed by atoms with Crippen molar-refractivity contribution in [3.05, 3.63) is 41.2 Å². The van der Waals surface area contributed by atoms with E-state index in [1.165, 1.54) is 0 Å². The number of methoxy groups -OCH3 is 1. The quantitative estimate of drug-likeness (QED) is 0.556. The lowest BCUT2D eigenvalue weighted by Crippen LogP contribution is -2.51. The van der Waals surface area contributed by atoms with Crippen LogP contribution in [0.4, 0.5) is 5.69 Å². The minimum absolute atomic E-state index is 0.00583. The van der Waals surface area contributed by atoms with Crippen molar-refractivity contribution in [1.82, 2.24) is 14.2 Å². The van der Waals surface area contributed by atoms with E-state index >= 15 is 0 Å². The highest BCUT2D eigenvalue weighted by molar-refractivity contribution is 7.89. The zero-order chi connectivity index (χ0) is 25.0. The molecule has 2 heterocycles. The van der Waals surface area contributed by atoms with Crippen molar-refractivity contribution >= 4 is 27.6 Å². The summed E-state index contributed by atoms with van der Waals surface area (Å²) in [6, 6.07) is 7.72. The molecule has 1 amide bonds. The summed E-state index contributed by atoms with van der Waals surface area (Å²) in [4.78, 5) is 28.9. The molecule has 0 atom stereocenters. The standard InChI is InChI=1S/C23H32N4O6S/c1-6-33-23(29)21-16(2)25(4)17(3)22(21)34(30,31)24-15-20(28)27-12-10-26(11-13-27)18-8-7-9-19(14-18)32-5/h7-9,14,24H,6,10-13,15H2,1-5H3. The van der Waals surface area contributed by atoms with Gasteiger partial charge in [0.1, 0.15) is 16.2 Å². The Morgan fingerprint density at radius 3 is 2.38 bits per heavy atom. The number of benzene rings is 1. The Morgan fingerprint density at radius 2 is 1.76 bits per heavy atom. The van der Waals surface area contributed by atoms with Crippen LogP contribution in [0.3, 0.4) is 0 Å². The first-order valence-corrected chi connectivity index (χ1v) is 12.6. The van der Waals surface area contributed by atoms with Crippen LogP contribution >= 0.6 is 0 Å². The van der Waals surface area contributed by atoms with Crippen LogP contribution in [0.1, 0.15) is 28.7 Å². The fourth-order valence-corrected chi connectivity index (χ4v) is 5.53. The van der Waals surface area contributed by atoms with Crippen molar-refractivity contribution < 1.29 is 27.5 Å². The minimum atomic E-state index is -4.13. The van der Waals surface area contributed by atoms with Crippen LogP contribution in [0, 0.1) is 13.8 Å². The summed E-state index contributed by atoms with van der Waals surface area (Å²) in [7, 11) is -0.830. The fourth-order valence-electron chi connectivity index (χ4n) is 4.05. The molecule has 1 aromatic heterocycles. The van der Waals surface area contributed by atoms with Gasteiger partial charge >= 0.3 is 5.97 Å². The number of sulfonamides is 1. The second-order valence-electron chi connectivity index (χ2n) is 8.05. The average molecular weight is 493 g/mol. The lowest BCUT2D eigenvalue weighted by molar-refractivity contribution is -0.130. The number of rotatable bonds is 8. The topological polar surface area (TPSA) is 110 Å². The lowest BCUT2D eigenvalue weighted by atomic mass is 10.2.